The maximum atomic E-state index is 10.9. The molecule has 0 aliphatic carbocycles. The second-order valence-electron chi connectivity index (χ2n) is 3.84. The molecule has 100 valence electrons. The Labute approximate surface area is 104 Å². The second kappa shape index (κ2) is 5.96. The summed E-state index contributed by atoms with van der Waals surface area (Å²) >= 11 is 0. The number of nitrogen functional groups attached to an aromatic ring is 1. The maximum absolute atomic E-state index is 10.9. The smallest absolute Gasteiger partial charge is 0.323 e. The van der Waals surface area contributed by atoms with Gasteiger partial charge in [-0.25, -0.2) is 5.84 Å². The van der Waals surface area contributed by atoms with Crippen LogP contribution < -0.4 is 27.1 Å². The number of hydrogen-bond donors (Lipinski definition) is 4. The van der Waals surface area contributed by atoms with Gasteiger partial charge in [-0.2, -0.15) is 15.0 Å². The van der Waals surface area contributed by atoms with Crippen LogP contribution in [0.4, 0.5) is 11.9 Å². The van der Waals surface area contributed by atoms with E-state index in [0.29, 0.717) is 0 Å². The number of amides is 1. The van der Waals surface area contributed by atoms with Crippen molar-refractivity contribution < 1.29 is 9.53 Å². The van der Waals surface area contributed by atoms with E-state index in [9.17, 15) is 4.79 Å². The number of hydrogen-bond acceptors (Lipinski definition) is 8. The van der Waals surface area contributed by atoms with Crippen LogP contribution in [0.25, 0.3) is 0 Å². The highest BCUT2D eigenvalue weighted by Crippen LogP contribution is 2.12. The maximum Gasteiger partial charge on any atom is 0.323 e. The zero-order chi connectivity index (χ0) is 13.7. The van der Waals surface area contributed by atoms with Gasteiger partial charge in [-0.1, -0.05) is 0 Å². The summed E-state index contributed by atoms with van der Waals surface area (Å²) in [5.74, 6) is 4.98. The molecule has 0 saturated heterocycles. The van der Waals surface area contributed by atoms with Crippen molar-refractivity contribution in [3.63, 3.8) is 0 Å². The average molecular weight is 255 g/mol. The van der Waals surface area contributed by atoms with Crippen molar-refractivity contribution in [3.8, 4) is 6.01 Å². The first-order valence-electron chi connectivity index (χ1n) is 5.37. The van der Waals surface area contributed by atoms with Gasteiger partial charge in [0.2, 0.25) is 17.8 Å². The van der Waals surface area contributed by atoms with Crippen molar-refractivity contribution in [2.45, 2.75) is 32.9 Å². The number of nitrogens with zero attached hydrogens (tertiary/aromatic N) is 3. The lowest BCUT2D eigenvalue weighted by molar-refractivity contribution is -0.118. The molecule has 9 nitrogen and oxygen atoms in total. The molecule has 1 heterocycles. The highest BCUT2D eigenvalue weighted by Gasteiger charge is 2.13. The Balaban J connectivity index is 2.93. The van der Waals surface area contributed by atoms with Gasteiger partial charge in [-0.3, -0.25) is 10.2 Å². The number of anilines is 2. The predicted octanol–water partition coefficient (Wildman–Crippen LogP) is -0.770. The van der Waals surface area contributed by atoms with E-state index in [4.69, 9.17) is 16.3 Å². The lowest BCUT2D eigenvalue weighted by Gasteiger charge is -2.13. The number of primary amides is 1. The van der Waals surface area contributed by atoms with Gasteiger partial charge in [-0.15, -0.1) is 0 Å². The molecule has 1 aromatic heterocycles. The summed E-state index contributed by atoms with van der Waals surface area (Å²) in [6.45, 7) is 5.25. The molecule has 0 bridgehead atoms. The molecular formula is C9H17N7O2. The van der Waals surface area contributed by atoms with Crippen LogP contribution in [-0.4, -0.2) is 33.0 Å². The number of ether oxygens (including phenoxy) is 1. The molecule has 0 aromatic carbocycles. The van der Waals surface area contributed by atoms with Crippen LogP contribution in [0.2, 0.25) is 0 Å². The molecule has 0 fully saturated rings. The SMILES string of the molecule is CC(C)Oc1nc(NN)nc(NC(C)C(N)=O)n1. The molecule has 0 aliphatic heterocycles. The van der Waals surface area contributed by atoms with E-state index in [1.54, 1.807) is 6.92 Å². The van der Waals surface area contributed by atoms with Crippen molar-refractivity contribution >= 4 is 17.8 Å². The second-order valence-corrected chi connectivity index (χ2v) is 3.84. The third-order valence-electron chi connectivity index (χ3n) is 1.86. The van der Waals surface area contributed by atoms with Crippen LogP contribution in [-0.2, 0) is 4.79 Å². The largest absolute Gasteiger partial charge is 0.461 e. The molecule has 6 N–H and O–H groups in total. The summed E-state index contributed by atoms with van der Waals surface area (Å²) in [6, 6.07) is -0.517. The molecule has 1 aromatic rings. The number of hydrazine groups is 1. The van der Waals surface area contributed by atoms with E-state index in [1.165, 1.54) is 0 Å². The molecule has 0 spiro atoms. The Hall–Kier alpha value is -2.16. The zero-order valence-electron chi connectivity index (χ0n) is 10.5. The lowest BCUT2D eigenvalue weighted by Crippen LogP contribution is -2.33. The van der Waals surface area contributed by atoms with Crippen LogP contribution in [0.3, 0.4) is 0 Å². The molecule has 1 atom stereocenters. The molecule has 0 saturated carbocycles. The Morgan fingerprint density at radius 1 is 1.22 bits per heavy atom. The molecule has 0 aliphatic rings. The Bertz CT molecular complexity index is 423. The van der Waals surface area contributed by atoms with Crippen molar-refractivity contribution in [3.05, 3.63) is 0 Å². The van der Waals surface area contributed by atoms with Crippen molar-refractivity contribution in [1.29, 1.82) is 0 Å². The van der Waals surface area contributed by atoms with Crippen LogP contribution >= 0.6 is 0 Å². The van der Waals surface area contributed by atoms with E-state index < -0.39 is 11.9 Å². The van der Waals surface area contributed by atoms with E-state index in [-0.39, 0.29) is 24.0 Å². The standard InChI is InChI=1S/C9H17N7O2/c1-4(2)18-9-14-7(12-5(3)6(10)17)13-8(15-9)16-11/h4-5H,11H2,1-3H3,(H2,10,17)(H2,12,13,14,15,16). The van der Waals surface area contributed by atoms with Gasteiger partial charge in [0.05, 0.1) is 6.10 Å². The van der Waals surface area contributed by atoms with Gasteiger partial charge in [0.1, 0.15) is 6.04 Å². The third-order valence-corrected chi connectivity index (χ3v) is 1.86. The summed E-state index contributed by atoms with van der Waals surface area (Å²) in [5.41, 5.74) is 7.41. The summed E-state index contributed by atoms with van der Waals surface area (Å²) in [5, 5.41) is 2.72. The van der Waals surface area contributed by atoms with Crippen molar-refractivity contribution in [2.75, 3.05) is 10.7 Å². The predicted molar refractivity (Wildman–Crippen MR) is 65.7 cm³/mol. The van der Waals surface area contributed by atoms with Gasteiger partial charge in [-0.05, 0) is 20.8 Å². The Kier molecular flexibility index (Phi) is 4.60. The van der Waals surface area contributed by atoms with Crippen molar-refractivity contribution in [1.82, 2.24) is 15.0 Å². The van der Waals surface area contributed by atoms with E-state index in [1.807, 2.05) is 13.8 Å². The number of carbonyl (C=O) groups is 1. The zero-order valence-corrected chi connectivity index (χ0v) is 10.5. The van der Waals surface area contributed by atoms with E-state index in [2.05, 4.69) is 25.7 Å². The number of aromatic nitrogens is 3. The molecular weight excluding hydrogens is 238 g/mol. The van der Waals surface area contributed by atoms with Gasteiger partial charge in [0.25, 0.3) is 0 Å². The Morgan fingerprint density at radius 2 is 1.83 bits per heavy atom. The van der Waals surface area contributed by atoms with E-state index in [0.717, 1.165) is 0 Å². The molecule has 1 rings (SSSR count). The first-order valence-corrected chi connectivity index (χ1v) is 5.37. The average Bonchev–Trinajstić information content (AvgIpc) is 2.27. The summed E-state index contributed by atoms with van der Waals surface area (Å²) in [7, 11) is 0. The van der Waals surface area contributed by atoms with Gasteiger partial charge >= 0.3 is 6.01 Å². The van der Waals surface area contributed by atoms with Gasteiger partial charge in [0.15, 0.2) is 0 Å². The molecule has 9 heteroatoms. The lowest BCUT2D eigenvalue weighted by atomic mass is 10.3. The minimum Gasteiger partial charge on any atom is -0.461 e. The minimum absolute atomic E-state index is 0.0977. The summed E-state index contributed by atoms with van der Waals surface area (Å²) < 4.78 is 5.33. The number of nitrogens with one attached hydrogen (secondary N) is 2. The monoisotopic (exact) mass is 255 g/mol. The van der Waals surface area contributed by atoms with E-state index >= 15 is 0 Å². The van der Waals surface area contributed by atoms with Crippen LogP contribution in [0.1, 0.15) is 20.8 Å². The fraction of sp³-hybridized carbons (Fsp3) is 0.556. The normalized spacial score (nSPS) is 12.1. The first kappa shape index (κ1) is 13.9. The fourth-order valence-corrected chi connectivity index (χ4v) is 1.01. The van der Waals surface area contributed by atoms with Crippen molar-refractivity contribution in [2.24, 2.45) is 11.6 Å². The number of rotatable bonds is 6. The molecule has 1 amide bonds. The highest BCUT2D eigenvalue weighted by molar-refractivity contribution is 5.81. The topological polar surface area (TPSA) is 141 Å². The quantitative estimate of drug-likeness (QED) is 0.383. The minimum atomic E-state index is -0.620. The first-order chi connectivity index (χ1) is 8.42. The van der Waals surface area contributed by atoms with Gasteiger partial charge in [0, 0.05) is 0 Å². The van der Waals surface area contributed by atoms with Crippen LogP contribution in [0, 0.1) is 0 Å². The van der Waals surface area contributed by atoms with Crippen LogP contribution in [0.5, 0.6) is 6.01 Å². The third kappa shape index (κ3) is 4.01. The molecule has 1 unspecified atom stereocenters. The highest BCUT2D eigenvalue weighted by atomic mass is 16.5. The summed E-state index contributed by atoms with van der Waals surface area (Å²) in [6.07, 6.45) is -0.0977. The number of carbonyl (C=O) groups excluding carboxylic acids is 1. The fourth-order valence-electron chi connectivity index (χ4n) is 1.01. The van der Waals surface area contributed by atoms with Gasteiger partial charge < -0.3 is 15.8 Å². The Morgan fingerprint density at radius 3 is 2.33 bits per heavy atom. The number of nitrogens with two attached hydrogens (primary N) is 2. The summed E-state index contributed by atoms with van der Waals surface area (Å²) in [4.78, 5) is 22.8. The van der Waals surface area contributed by atoms with Crippen LogP contribution in [0.15, 0.2) is 0 Å². The molecule has 0 radical (unpaired) electrons. The molecule has 18 heavy (non-hydrogen) atoms.